The summed E-state index contributed by atoms with van der Waals surface area (Å²) < 4.78 is 105. The Balaban J connectivity index is 0. The third kappa shape index (κ3) is 17.8. The van der Waals surface area contributed by atoms with E-state index in [9.17, 15) is 44.2 Å². The maximum atomic E-state index is 11.5. The fraction of sp³-hybridized carbons (Fsp3) is 0.188. The van der Waals surface area contributed by atoms with E-state index >= 15 is 0 Å². The minimum atomic E-state index is -5.20. The van der Waals surface area contributed by atoms with Crippen molar-refractivity contribution in [2.24, 2.45) is 4.99 Å². The molecular formula is C16H14N10Na4O12S4. The van der Waals surface area contributed by atoms with Crippen molar-refractivity contribution in [2.75, 3.05) is 34.0 Å². The first-order valence-corrected chi connectivity index (χ1v) is 15.8. The molecular weight excluding hydrogens is 744 g/mol. The van der Waals surface area contributed by atoms with Crippen molar-refractivity contribution in [3.05, 3.63) is 24.3 Å². The summed E-state index contributed by atoms with van der Waals surface area (Å²) in [6.45, 7) is -0.507. The summed E-state index contributed by atoms with van der Waals surface area (Å²) >= 11 is 0.536. The number of benzene rings is 1. The molecule has 3 rings (SSSR count). The molecule has 1 aromatic carbocycles. The largest absolute Gasteiger partial charge is 1.00 e. The fourth-order valence-corrected chi connectivity index (χ4v) is 3.96. The summed E-state index contributed by atoms with van der Waals surface area (Å²) in [6, 6.07) is 5.65. The molecule has 0 saturated heterocycles. The molecule has 228 valence electrons. The van der Waals surface area contributed by atoms with Gasteiger partial charge in [-0.15, -0.1) is 0 Å². The van der Waals surface area contributed by atoms with Gasteiger partial charge < -0.3 is 34.9 Å². The van der Waals surface area contributed by atoms with Crippen molar-refractivity contribution < 1.29 is 172 Å². The zero-order chi connectivity index (χ0) is 31.0. The summed E-state index contributed by atoms with van der Waals surface area (Å²) in [4.78, 5) is 25.3. The molecule has 0 spiro atoms. The minimum Gasteiger partial charge on any atom is -0.748 e. The Bertz CT molecular complexity index is 1790. The van der Waals surface area contributed by atoms with E-state index in [4.69, 9.17) is 0 Å². The Morgan fingerprint density at radius 3 is 1.83 bits per heavy atom. The molecule has 0 radical (unpaired) electrons. The van der Waals surface area contributed by atoms with Gasteiger partial charge in [0, 0.05) is 36.2 Å². The van der Waals surface area contributed by atoms with Crippen LogP contribution in [0.15, 0.2) is 39.6 Å². The van der Waals surface area contributed by atoms with Gasteiger partial charge in [0.1, 0.15) is 0 Å². The minimum absolute atomic E-state index is 0. The van der Waals surface area contributed by atoms with Crippen LogP contribution in [0.2, 0.25) is 0 Å². The maximum Gasteiger partial charge on any atom is 1.00 e. The van der Waals surface area contributed by atoms with Crippen LogP contribution in [-0.4, -0.2) is 93.1 Å². The topological polar surface area (TPSA) is 339 Å². The summed E-state index contributed by atoms with van der Waals surface area (Å²) in [5.74, 6) is -2.89. The van der Waals surface area contributed by atoms with E-state index in [-0.39, 0.29) is 135 Å². The Labute approximate surface area is 354 Å². The number of aliphatic imine (C=N–C) groups is 1. The molecule has 2 aromatic heterocycles. The standard InChI is InChI=1S/C16H18N10O12S4.4Na/c27-37-38-39-6-4-17-11-21-13(25-15(23-11)41(31,32)33)19-9-2-1-3-10(8-9)20-14-22-12(18-5-7-40(28,29)30)24-16(26-14)42(34,35)36;;;;/h1-4,8,27H,5-7H2,(H,28,29,30)(H,31,32,33)(H,34,35,36)(H,19,21,23,25)(H2,18,20,22,24,26);;;;/q;4*+1/p-4/b17-4+;;;;. The molecule has 0 atom stereocenters. The van der Waals surface area contributed by atoms with E-state index in [1.165, 1.54) is 24.3 Å². The molecule has 22 nitrogen and oxygen atoms in total. The number of anilines is 5. The molecule has 0 bridgehead atoms. The van der Waals surface area contributed by atoms with Crippen molar-refractivity contribution in [2.45, 2.75) is 10.3 Å². The van der Waals surface area contributed by atoms with Gasteiger partial charge in [-0.1, -0.05) is 6.07 Å². The molecule has 0 fully saturated rings. The maximum absolute atomic E-state index is 11.5. The average Bonchev–Trinajstić information content (AvgIpc) is 2.87. The predicted molar refractivity (Wildman–Crippen MR) is 134 cm³/mol. The number of nitrogens with zero attached hydrogens (tertiary/aromatic N) is 7. The number of aromatic nitrogens is 6. The Kier molecular flexibility index (Phi) is 23.3. The zero-order valence-corrected chi connectivity index (χ0v) is 35.4. The summed E-state index contributed by atoms with van der Waals surface area (Å²) in [5.41, 5.74) is 0.312. The van der Waals surface area contributed by atoms with Gasteiger partial charge in [-0.3, -0.25) is 5.04 Å². The second-order valence-corrected chi connectivity index (χ2v) is 11.9. The second kappa shape index (κ2) is 22.2. The number of hydrogen-bond acceptors (Lipinski definition) is 23. The molecule has 0 saturated carbocycles. The number of hydrogen-bond donors (Lipinski definition) is 3. The van der Waals surface area contributed by atoms with Crippen LogP contribution in [-0.2, 0) is 39.7 Å². The normalized spacial score (nSPS) is 11.3. The number of nitrogens with one attached hydrogen (secondary N) is 3. The first-order valence-electron chi connectivity index (χ1n) is 10.5. The summed E-state index contributed by atoms with van der Waals surface area (Å²) in [6.07, 6.45) is 1.11. The van der Waals surface area contributed by atoms with Gasteiger partial charge in [-0.25, -0.2) is 30.2 Å². The third-order valence-corrected chi connectivity index (χ3v) is 6.50. The zero-order valence-electron chi connectivity index (χ0n) is 24.2. The van der Waals surface area contributed by atoms with E-state index in [2.05, 4.69) is 60.2 Å². The summed E-state index contributed by atoms with van der Waals surface area (Å²) in [7, 11) is -15.0. The summed E-state index contributed by atoms with van der Waals surface area (Å²) in [5, 5.41) is 18.1. The number of rotatable bonds is 15. The van der Waals surface area contributed by atoms with Crippen LogP contribution in [0.5, 0.6) is 0 Å². The van der Waals surface area contributed by atoms with Crippen molar-refractivity contribution in [1.82, 2.24) is 29.9 Å². The van der Waals surface area contributed by atoms with Crippen LogP contribution in [0, 0.1) is 0 Å². The van der Waals surface area contributed by atoms with Crippen LogP contribution in [0.25, 0.3) is 0 Å². The molecule has 0 aliphatic heterocycles. The van der Waals surface area contributed by atoms with E-state index in [0.717, 1.165) is 6.21 Å². The Hall–Kier alpha value is 0.270. The molecule has 3 N–H and O–H groups in total. The fourth-order valence-electron chi connectivity index (χ4n) is 2.59. The van der Waals surface area contributed by atoms with Gasteiger partial charge in [0.2, 0.25) is 28.2 Å². The molecule has 0 aliphatic rings. The molecule has 0 amide bonds. The van der Waals surface area contributed by atoms with Gasteiger partial charge in [0.25, 0.3) is 5.95 Å². The van der Waals surface area contributed by atoms with Gasteiger partial charge in [0.15, 0.2) is 20.2 Å². The van der Waals surface area contributed by atoms with Crippen LogP contribution < -0.4 is 139 Å². The first-order chi connectivity index (χ1) is 19.6. The molecule has 2 heterocycles. The van der Waals surface area contributed by atoms with Crippen molar-refractivity contribution in [3.8, 4) is 0 Å². The Morgan fingerprint density at radius 1 is 0.783 bits per heavy atom. The Morgan fingerprint density at radius 2 is 1.30 bits per heavy atom. The predicted octanol–water partition coefficient (Wildman–Crippen LogP) is -14.1. The van der Waals surface area contributed by atoms with E-state index in [0.29, 0.717) is 12.0 Å². The van der Waals surface area contributed by atoms with E-state index < -0.39 is 76.8 Å². The van der Waals surface area contributed by atoms with Gasteiger partial charge in [0.05, 0.1) is 21.6 Å². The first kappa shape index (κ1) is 48.4. The molecule has 46 heavy (non-hydrogen) atoms. The average molecular weight is 759 g/mol. The van der Waals surface area contributed by atoms with Crippen LogP contribution in [0.4, 0.5) is 35.2 Å². The van der Waals surface area contributed by atoms with Crippen LogP contribution in [0.3, 0.4) is 0 Å². The second-order valence-electron chi connectivity index (χ2n) is 7.17. The van der Waals surface area contributed by atoms with Crippen molar-refractivity contribution in [3.63, 3.8) is 0 Å². The quantitative estimate of drug-likeness (QED) is 0.0246. The van der Waals surface area contributed by atoms with Gasteiger partial charge in [-0.2, -0.15) is 34.2 Å². The van der Waals surface area contributed by atoms with Crippen LogP contribution >= 0.6 is 12.0 Å². The SMILES string of the molecule is O=S(=O)([O-])CCNc1nc(Nc2cccc(Nc3nc(/N=C/CSOO[O-])nc(S(=O)(=O)[O-])n3)c2)nc(S(=O)(=O)[O-])n1.[Na+].[Na+].[Na+].[Na+]. The smallest absolute Gasteiger partial charge is 0.748 e. The van der Waals surface area contributed by atoms with E-state index in [1.54, 1.807) is 0 Å². The van der Waals surface area contributed by atoms with Gasteiger partial charge in [-0.05, 0) is 18.2 Å². The molecule has 0 aliphatic carbocycles. The van der Waals surface area contributed by atoms with Crippen molar-refractivity contribution in [1.29, 1.82) is 0 Å². The monoisotopic (exact) mass is 758 g/mol. The molecule has 0 unspecified atom stereocenters. The molecule has 30 heteroatoms. The third-order valence-electron chi connectivity index (χ3n) is 4.10. The molecule has 3 aromatic rings. The van der Waals surface area contributed by atoms with Crippen molar-refractivity contribution >= 4 is 83.8 Å². The van der Waals surface area contributed by atoms with Gasteiger partial charge >= 0.3 is 118 Å². The van der Waals surface area contributed by atoms with Crippen LogP contribution in [0.1, 0.15) is 0 Å². The van der Waals surface area contributed by atoms with E-state index in [1.807, 2.05) is 0 Å².